The maximum atomic E-state index is 10.8. The average Bonchev–Trinajstić information content (AvgIpc) is 2.54. The van der Waals surface area contributed by atoms with Gasteiger partial charge in [-0.3, -0.25) is 0 Å². The van der Waals surface area contributed by atoms with E-state index < -0.39 is 6.36 Å². The number of rotatable bonds is 4. The van der Waals surface area contributed by atoms with Crippen LogP contribution in [-0.2, 0) is 4.74 Å². The molecule has 0 aromatic rings. The first-order valence-electron chi connectivity index (χ1n) is 8.93. The third kappa shape index (κ3) is 7.59. The summed E-state index contributed by atoms with van der Waals surface area (Å²) >= 11 is 0. The molecular formula is C20H31F3O. The third-order valence-corrected chi connectivity index (χ3v) is 5.50. The Kier molecular flexibility index (Phi) is 8.65. The summed E-state index contributed by atoms with van der Waals surface area (Å²) in [7, 11) is 0. The van der Waals surface area contributed by atoms with Crippen LogP contribution in [0.5, 0.6) is 0 Å². The normalized spacial score (nSPS) is 30.5. The quantitative estimate of drug-likeness (QED) is 0.393. The van der Waals surface area contributed by atoms with Gasteiger partial charge in [0, 0.05) is 0 Å². The highest BCUT2D eigenvalue weighted by Crippen LogP contribution is 2.42. The highest BCUT2D eigenvalue weighted by molar-refractivity contribution is 5.15. The van der Waals surface area contributed by atoms with Crippen molar-refractivity contribution in [3.05, 3.63) is 37.6 Å². The van der Waals surface area contributed by atoms with E-state index in [0.717, 1.165) is 23.7 Å². The van der Waals surface area contributed by atoms with E-state index in [0.29, 0.717) is 6.26 Å². The molecule has 1 nitrogen and oxygen atoms in total. The molecule has 2 rings (SSSR count). The molecular weight excluding hydrogens is 313 g/mol. The predicted octanol–water partition coefficient (Wildman–Crippen LogP) is 7.03. The Morgan fingerprint density at radius 1 is 0.917 bits per heavy atom. The zero-order valence-electron chi connectivity index (χ0n) is 14.8. The van der Waals surface area contributed by atoms with Gasteiger partial charge < -0.3 is 4.74 Å². The molecule has 24 heavy (non-hydrogen) atoms. The molecule has 2 aliphatic carbocycles. The average molecular weight is 344 g/mol. The molecule has 0 spiro atoms. The van der Waals surface area contributed by atoms with Crippen LogP contribution < -0.4 is 0 Å². The minimum Gasteiger partial charge on any atom is -0.414 e. The van der Waals surface area contributed by atoms with Crippen molar-refractivity contribution < 1.29 is 17.9 Å². The zero-order chi connectivity index (χ0) is 18.2. The van der Waals surface area contributed by atoms with Crippen molar-refractivity contribution in [1.29, 1.82) is 0 Å². The summed E-state index contributed by atoms with van der Waals surface area (Å²) in [4.78, 5) is 0. The highest BCUT2D eigenvalue weighted by Gasteiger charge is 2.30. The molecule has 0 aromatic carbocycles. The largest absolute Gasteiger partial charge is 0.572 e. The van der Waals surface area contributed by atoms with Gasteiger partial charge in [-0.15, -0.1) is 13.2 Å². The van der Waals surface area contributed by atoms with Crippen LogP contribution in [0.3, 0.4) is 0 Å². The van der Waals surface area contributed by atoms with Gasteiger partial charge in [0.05, 0.1) is 6.26 Å². The number of alkyl halides is 3. The Bertz CT molecular complexity index is 398. The lowest BCUT2D eigenvalue weighted by Gasteiger charge is -2.37. The molecule has 0 heterocycles. The molecule has 0 aliphatic heterocycles. The first-order valence-corrected chi connectivity index (χ1v) is 8.93. The lowest BCUT2D eigenvalue weighted by molar-refractivity contribution is -0.297. The van der Waals surface area contributed by atoms with E-state index in [2.05, 4.69) is 31.4 Å². The Labute approximate surface area is 144 Å². The Hall–Kier alpha value is -1.19. The molecule has 0 radical (unpaired) electrons. The maximum Gasteiger partial charge on any atom is 0.572 e. The number of allylic oxidation sites excluding steroid dienone is 2. The van der Waals surface area contributed by atoms with E-state index in [-0.39, 0.29) is 0 Å². The van der Waals surface area contributed by atoms with E-state index in [1.165, 1.54) is 56.9 Å². The van der Waals surface area contributed by atoms with Crippen LogP contribution in [0.4, 0.5) is 13.2 Å². The van der Waals surface area contributed by atoms with Crippen LogP contribution in [0.25, 0.3) is 0 Å². The molecule has 0 aromatic heterocycles. The highest BCUT2D eigenvalue weighted by atomic mass is 19.4. The first kappa shape index (κ1) is 20.9. The summed E-state index contributed by atoms with van der Waals surface area (Å²) in [6, 6.07) is 0. The second-order valence-electron chi connectivity index (χ2n) is 7.14. The summed E-state index contributed by atoms with van der Waals surface area (Å²) in [5, 5.41) is 0. The van der Waals surface area contributed by atoms with E-state index in [1.54, 1.807) is 0 Å². The van der Waals surface area contributed by atoms with Crippen molar-refractivity contribution in [2.75, 3.05) is 0 Å². The monoisotopic (exact) mass is 344 g/mol. The molecule has 4 heteroatoms. The van der Waals surface area contributed by atoms with Gasteiger partial charge >= 0.3 is 6.36 Å². The SMILES string of the molecule is C=CC(=C)C1CCC(C2CCC(C)CC2)CC1.C=COC(F)(F)F. The van der Waals surface area contributed by atoms with Gasteiger partial charge in [0.1, 0.15) is 0 Å². The lowest BCUT2D eigenvalue weighted by Crippen LogP contribution is -2.25. The van der Waals surface area contributed by atoms with E-state index in [4.69, 9.17) is 0 Å². The molecule has 2 aliphatic rings. The van der Waals surface area contributed by atoms with Crippen LogP contribution in [-0.4, -0.2) is 6.36 Å². The van der Waals surface area contributed by atoms with Gasteiger partial charge in [0.15, 0.2) is 0 Å². The number of hydrogen-bond acceptors (Lipinski definition) is 1. The summed E-state index contributed by atoms with van der Waals surface area (Å²) in [6.07, 6.45) is 9.29. The van der Waals surface area contributed by atoms with E-state index in [9.17, 15) is 13.2 Å². The van der Waals surface area contributed by atoms with Gasteiger partial charge in [-0.2, -0.15) is 0 Å². The summed E-state index contributed by atoms with van der Waals surface area (Å²) in [5.74, 6) is 3.80. The minimum absolute atomic E-state index is 0.333. The maximum absolute atomic E-state index is 10.8. The topological polar surface area (TPSA) is 9.23 Å². The molecule has 2 fully saturated rings. The number of halogens is 3. The van der Waals surface area contributed by atoms with Crippen LogP contribution in [0.1, 0.15) is 58.3 Å². The fraction of sp³-hybridized carbons (Fsp3) is 0.700. The fourth-order valence-corrected chi connectivity index (χ4v) is 3.98. The van der Waals surface area contributed by atoms with E-state index >= 15 is 0 Å². The molecule has 2 saturated carbocycles. The van der Waals surface area contributed by atoms with Crippen LogP contribution in [0.2, 0.25) is 0 Å². The first-order chi connectivity index (χ1) is 11.3. The van der Waals surface area contributed by atoms with Crippen molar-refractivity contribution in [2.24, 2.45) is 23.7 Å². The Morgan fingerprint density at radius 2 is 1.38 bits per heavy atom. The second kappa shape index (κ2) is 9.95. The zero-order valence-corrected chi connectivity index (χ0v) is 14.8. The van der Waals surface area contributed by atoms with Gasteiger partial charge in [0.2, 0.25) is 0 Å². The van der Waals surface area contributed by atoms with Gasteiger partial charge in [-0.1, -0.05) is 51.2 Å². The third-order valence-electron chi connectivity index (χ3n) is 5.50. The standard InChI is InChI=1S/C17H28.C3H3F3O/c1-4-14(3)15-9-11-17(12-10-15)16-7-5-13(2)6-8-16;1-2-7-3(4,5)6/h4,13,15-17H,1,3,5-12H2,2H3;2H,1H2. The molecule has 0 unspecified atom stereocenters. The van der Waals surface area contributed by atoms with E-state index in [1.807, 2.05) is 6.08 Å². The molecule has 0 saturated heterocycles. The van der Waals surface area contributed by atoms with Crippen LogP contribution in [0, 0.1) is 23.7 Å². The summed E-state index contributed by atoms with van der Waals surface area (Å²) < 4.78 is 35.3. The fourth-order valence-electron chi connectivity index (χ4n) is 3.98. The van der Waals surface area contributed by atoms with Gasteiger partial charge in [0.25, 0.3) is 0 Å². The van der Waals surface area contributed by atoms with Crippen LogP contribution >= 0.6 is 0 Å². The molecule has 138 valence electrons. The van der Waals surface area contributed by atoms with Crippen molar-refractivity contribution >= 4 is 0 Å². The lowest BCUT2D eigenvalue weighted by atomic mass is 9.68. The van der Waals surface area contributed by atoms with Gasteiger partial charge in [-0.05, 0) is 62.2 Å². The van der Waals surface area contributed by atoms with Crippen LogP contribution in [0.15, 0.2) is 37.6 Å². The Morgan fingerprint density at radius 3 is 1.71 bits per heavy atom. The van der Waals surface area contributed by atoms with Gasteiger partial charge in [-0.25, -0.2) is 0 Å². The Balaban J connectivity index is 0.000000351. The summed E-state index contributed by atoms with van der Waals surface area (Å²) in [6.45, 7) is 13.1. The van der Waals surface area contributed by atoms with Crippen molar-refractivity contribution in [2.45, 2.75) is 64.7 Å². The smallest absolute Gasteiger partial charge is 0.414 e. The molecule has 0 atom stereocenters. The van der Waals surface area contributed by atoms with Crippen molar-refractivity contribution in [3.63, 3.8) is 0 Å². The molecule has 0 bridgehead atoms. The predicted molar refractivity (Wildman–Crippen MR) is 93.2 cm³/mol. The second-order valence-corrected chi connectivity index (χ2v) is 7.14. The number of hydrogen-bond donors (Lipinski definition) is 0. The van der Waals surface area contributed by atoms with Crippen molar-refractivity contribution in [3.8, 4) is 0 Å². The molecule has 0 N–H and O–H groups in total. The minimum atomic E-state index is -4.57. The molecule has 0 amide bonds. The van der Waals surface area contributed by atoms with Crippen molar-refractivity contribution in [1.82, 2.24) is 0 Å². The summed E-state index contributed by atoms with van der Waals surface area (Å²) in [5.41, 5.74) is 1.28. The number of ether oxygens (including phenoxy) is 1.